The minimum absolute atomic E-state index is 0.228. The zero-order valence-corrected chi connectivity index (χ0v) is 15.3. The molecule has 4 rings (SSSR count). The van der Waals surface area contributed by atoms with E-state index < -0.39 is 0 Å². The Labute approximate surface area is 155 Å². The standard InChI is InChI=1S/C19H21N7O/c1-24(2)12-21-14-8-4-3-7-13(14)11-25-19(27)26-16-10-6-5-9-15(16)22-17(20)18(26)23-25/h3-4,7-10,12H,5-6,11H2,1-2H3,(H2,20,22). The lowest BCUT2D eigenvalue weighted by atomic mass is 10.2. The van der Waals surface area contributed by atoms with Crippen LogP contribution in [-0.4, -0.2) is 44.5 Å². The molecule has 0 saturated heterocycles. The summed E-state index contributed by atoms with van der Waals surface area (Å²) in [4.78, 5) is 23.8. The highest BCUT2D eigenvalue weighted by atomic mass is 16.2. The van der Waals surface area contributed by atoms with E-state index in [4.69, 9.17) is 5.73 Å². The number of anilines is 1. The number of nitrogen functional groups attached to an aromatic ring is 1. The fraction of sp³-hybridized carbons (Fsp3) is 0.263. The van der Waals surface area contributed by atoms with Crippen LogP contribution in [0.3, 0.4) is 0 Å². The van der Waals surface area contributed by atoms with E-state index in [1.54, 1.807) is 10.7 Å². The van der Waals surface area contributed by atoms with E-state index in [1.165, 1.54) is 4.68 Å². The number of aromatic nitrogens is 4. The van der Waals surface area contributed by atoms with Crippen molar-refractivity contribution in [2.75, 3.05) is 19.8 Å². The molecule has 2 heterocycles. The van der Waals surface area contributed by atoms with Crippen molar-refractivity contribution in [3.8, 4) is 0 Å². The van der Waals surface area contributed by atoms with E-state index in [2.05, 4.69) is 15.1 Å². The summed E-state index contributed by atoms with van der Waals surface area (Å²) in [5.74, 6) is 0.259. The molecule has 8 heteroatoms. The lowest BCUT2D eigenvalue weighted by molar-refractivity contribution is 0.641. The van der Waals surface area contributed by atoms with Gasteiger partial charge in [0.25, 0.3) is 0 Å². The van der Waals surface area contributed by atoms with E-state index in [0.717, 1.165) is 34.8 Å². The van der Waals surface area contributed by atoms with Gasteiger partial charge in [-0.3, -0.25) is 0 Å². The first-order valence-corrected chi connectivity index (χ1v) is 8.78. The third kappa shape index (κ3) is 3.10. The number of fused-ring (bicyclic) bond motifs is 3. The van der Waals surface area contributed by atoms with Crippen molar-refractivity contribution >= 4 is 35.6 Å². The van der Waals surface area contributed by atoms with Crippen molar-refractivity contribution in [3.05, 3.63) is 51.0 Å². The van der Waals surface area contributed by atoms with E-state index >= 15 is 0 Å². The Bertz CT molecular complexity index is 1220. The molecule has 0 aliphatic heterocycles. The molecule has 8 nitrogen and oxygen atoms in total. The number of para-hydroxylation sites is 1. The molecule has 2 aromatic heterocycles. The Balaban J connectivity index is 1.85. The number of hydrogen-bond acceptors (Lipinski definition) is 5. The number of nitrogens with two attached hydrogens (primary N) is 1. The maximum Gasteiger partial charge on any atom is 0.351 e. The molecular weight excluding hydrogens is 342 g/mol. The summed E-state index contributed by atoms with van der Waals surface area (Å²) in [6.45, 7) is 0.305. The summed E-state index contributed by atoms with van der Waals surface area (Å²) in [6, 6.07) is 7.69. The smallest absolute Gasteiger partial charge is 0.351 e. The molecule has 0 bridgehead atoms. The maximum atomic E-state index is 13.0. The normalized spacial score (nSPS) is 13.4. The summed E-state index contributed by atoms with van der Waals surface area (Å²) < 4.78 is 2.97. The van der Waals surface area contributed by atoms with Crippen LogP contribution in [-0.2, 0) is 6.54 Å². The fourth-order valence-corrected chi connectivity index (χ4v) is 3.14. The first-order valence-electron chi connectivity index (χ1n) is 8.78. The first kappa shape index (κ1) is 17.0. The molecule has 0 saturated carbocycles. The molecule has 1 aliphatic rings. The Hall–Kier alpha value is -3.42. The zero-order chi connectivity index (χ0) is 19.0. The Kier molecular flexibility index (Phi) is 4.23. The van der Waals surface area contributed by atoms with Crippen molar-refractivity contribution in [1.29, 1.82) is 0 Å². The van der Waals surface area contributed by atoms with Gasteiger partial charge >= 0.3 is 5.69 Å². The predicted molar refractivity (Wildman–Crippen MR) is 106 cm³/mol. The third-order valence-electron chi connectivity index (χ3n) is 4.39. The Morgan fingerprint density at radius 3 is 2.85 bits per heavy atom. The van der Waals surface area contributed by atoms with Crippen LogP contribution in [0, 0.1) is 0 Å². The SMILES string of the molecule is CN(C)C=Nc1ccccc1Cn1nc2c(N)nc3c(n2c1=O)=CCCC=3. The van der Waals surface area contributed by atoms with Gasteiger partial charge in [0.2, 0.25) is 5.65 Å². The average Bonchev–Trinajstić information content (AvgIpc) is 2.98. The van der Waals surface area contributed by atoms with Crippen LogP contribution in [0.2, 0.25) is 0 Å². The Morgan fingerprint density at radius 2 is 2.04 bits per heavy atom. The van der Waals surface area contributed by atoms with Gasteiger partial charge in [0, 0.05) is 14.1 Å². The van der Waals surface area contributed by atoms with Gasteiger partial charge in [0.1, 0.15) is 0 Å². The lowest BCUT2D eigenvalue weighted by Gasteiger charge is -2.06. The average molecular weight is 363 g/mol. The zero-order valence-electron chi connectivity index (χ0n) is 15.3. The molecule has 27 heavy (non-hydrogen) atoms. The highest BCUT2D eigenvalue weighted by Gasteiger charge is 2.15. The lowest BCUT2D eigenvalue weighted by Crippen LogP contribution is -2.41. The minimum Gasteiger partial charge on any atom is -0.381 e. The van der Waals surface area contributed by atoms with Gasteiger partial charge in [-0.05, 0) is 24.5 Å². The van der Waals surface area contributed by atoms with Gasteiger partial charge in [0.15, 0.2) is 5.82 Å². The molecule has 0 spiro atoms. The second-order valence-electron chi connectivity index (χ2n) is 6.69. The molecule has 2 N–H and O–H groups in total. The second kappa shape index (κ2) is 6.71. The van der Waals surface area contributed by atoms with Crippen LogP contribution in [0.25, 0.3) is 17.8 Å². The van der Waals surface area contributed by atoms with Crippen LogP contribution in [0.5, 0.6) is 0 Å². The molecule has 0 radical (unpaired) electrons. The van der Waals surface area contributed by atoms with E-state index in [1.807, 2.05) is 55.4 Å². The minimum atomic E-state index is -0.228. The molecule has 1 aromatic carbocycles. The van der Waals surface area contributed by atoms with Crippen molar-refractivity contribution in [2.45, 2.75) is 19.4 Å². The fourth-order valence-electron chi connectivity index (χ4n) is 3.14. The van der Waals surface area contributed by atoms with Crippen LogP contribution < -0.4 is 22.1 Å². The Morgan fingerprint density at radius 1 is 1.26 bits per heavy atom. The summed E-state index contributed by atoms with van der Waals surface area (Å²) in [5.41, 5.74) is 7.91. The van der Waals surface area contributed by atoms with Crippen LogP contribution in [0.15, 0.2) is 34.1 Å². The van der Waals surface area contributed by atoms with Crippen molar-refractivity contribution in [2.24, 2.45) is 4.99 Å². The van der Waals surface area contributed by atoms with Crippen LogP contribution in [0.4, 0.5) is 11.5 Å². The molecule has 138 valence electrons. The van der Waals surface area contributed by atoms with E-state index in [0.29, 0.717) is 12.2 Å². The summed E-state index contributed by atoms with van der Waals surface area (Å²) in [5, 5.41) is 5.94. The van der Waals surface area contributed by atoms with E-state index in [-0.39, 0.29) is 11.5 Å². The number of nitrogens with zero attached hydrogens (tertiary/aromatic N) is 6. The van der Waals surface area contributed by atoms with Gasteiger partial charge in [-0.15, -0.1) is 5.10 Å². The van der Waals surface area contributed by atoms with Crippen molar-refractivity contribution in [1.82, 2.24) is 24.1 Å². The number of benzene rings is 1. The van der Waals surface area contributed by atoms with Crippen LogP contribution in [0.1, 0.15) is 18.4 Å². The first-order chi connectivity index (χ1) is 13.0. The van der Waals surface area contributed by atoms with Crippen molar-refractivity contribution < 1.29 is 0 Å². The molecule has 1 aliphatic carbocycles. The van der Waals surface area contributed by atoms with Gasteiger partial charge in [-0.25, -0.2) is 23.9 Å². The topological polar surface area (TPSA) is 93.8 Å². The van der Waals surface area contributed by atoms with Gasteiger partial charge in [-0.2, -0.15) is 0 Å². The summed E-state index contributed by atoms with van der Waals surface area (Å²) in [6.07, 6.45) is 7.50. The molecule has 0 amide bonds. The van der Waals surface area contributed by atoms with Crippen molar-refractivity contribution in [3.63, 3.8) is 0 Å². The molecule has 0 fully saturated rings. The second-order valence-corrected chi connectivity index (χ2v) is 6.69. The number of hydrogen-bond donors (Lipinski definition) is 1. The van der Waals surface area contributed by atoms with Gasteiger partial charge < -0.3 is 10.6 Å². The largest absolute Gasteiger partial charge is 0.381 e. The maximum absolute atomic E-state index is 13.0. The molecule has 0 atom stereocenters. The number of aliphatic imine (C=N–C) groups is 1. The summed E-state index contributed by atoms with van der Waals surface area (Å²) in [7, 11) is 3.82. The third-order valence-corrected chi connectivity index (χ3v) is 4.39. The number of rotatable bonds is 4. The highest BCUT2D eigenvalue weighted by molar-refractivity contribution is 5.63. The highest BCUT2D eigenvalue weighted by Crippen LogP contribution is 2.19. The predicted octanol–water partition coefficient (Wildman–Crippen LogP) is 0.0977. The monoisotopic (exact) mass is 363 g/mol. The molecule has 3 aromatic rings. The summed E-state index contributed by atoms with van der Waals surface area (Å²) >= 11 is 0. The quantitative estimate of drug-likeness (QED) is 0.524. The van der Waals surface area contributed by atoms with E-state index in [9.17, 15) is 4.79 Å². The van der Waals surface area contributed by atoms with Gasteiger partial charge in [-0.1, -0.05) is 30.4 Å². The molecule has 0 unspecified atom stereocenters. The van der Waals surface area contributed by atoms with Gasteiger partial charge in [0.05, 0.1) is 29.3 Å². The van der Waals surface area contributed by atoms with Crippen LogP contribution >= 0.6 is 0 Å². The molecular formula is C19H21N7O.